The molecule has 0 unspecified atom stereocenters. The summed E-state index contributed by atoms with van der Waals surface area (Å²) in [7, 11) is 0. The molecule has 18 heavy (non-hydrogen) atoms. The summed E-state index contributed by atoms with van der Waals surface area (Å²) in [5.41, 5.74) is 5.06. The van der Waals surface area contributed by atoms with Crippen molar-refractivity contribution in [3.05, 3.63) is 11.1 Å². The Labute approximate surface area is 110 Å². The third kappa shape index (κ3) is 5.13. The average Bonchev–Trinajstić information content (AvgIpc) is 2.74. The standard InChI is InChI=1S/C11H17N3O3S/c1-7(2)3-4-13-11-14-8(6-18-11)10(16)17-5-9(12)15/h6-7H,3-5H2,1-2H3,(H2,12,15)(H,13,14). The van der Waals surface area contributed by atoms with Gasteiger partial charge in [-0.3, -0.25) is 4.79 Å². The highest BCUT2D eigenvalue weighted by Gasteiger charge is 2.12. The number of nitrogens with one attached hydrogen (secondary N) is 1. The van der Waals surface area contributed by atoms with Crippen molar-refractivity contribution in [1.82, 2.24) is 4.98 Å². The molecule has 0 aliphatic rings. The smallest absolute Gasteiger partial charge is 0.358 e. The number of anilines is 1. The molecule has 0 aliphatic heterocycles. The van der Waals surface area contributed by atoms with Gasteiger partial charge in [0.1, 0.15) is 0 Å². The highest BCUT2D eigenvalue weighted by atomic mass is 32.1. The zero-order valence-corrected chi connectivity index (χ0v) is 11.3. The molecule has 0 aliphatic carbocycles. The van der Waals surface area contributed by atoms with Gasteiger partial charge in [-0.2, -0.15) is 0 Å². The molecule has 6 nitrogen and oxygen atoms in total. The van der Waals surface area contributed by atoms with E-state index in [1.54, 1.807) is 5.38 Å². The summed E-state index contributed by atoms with van der Waals surface area (Å²) in [5.74, 6) is -0.715. The van der Waals surface area contributed by atoms with Gasteiger partial charge in [0.05, 0.1) is 0 Å². The minimum absolute atomic E-state index is 0.188. The lowest BCUT2D eigenvalue weighted by Gasteiger charge is -2.04. The molecule has 100 valence electrons. The number of hydrogen-bond donors (Lipinski definition) is 2. The van der Waals surface area contributed by atoms with Crippen LogP contribution >= 0.6 is 11.3 Å². The number of amides is 1. The number of hydrogen-bond acceptors (Lipinski definition) is 6. The molecule has 1 aromatic heterocycles. The fourth-order valence-corrected chi connectivity index (χ4v) is 1.84. The molecule has 1 heterocycles. The van der Waals surface area contributed by atoms with Crippen LogP contribution in [0.4, 0.5) is 5.13 Å². The maximum Gasteiger partial charge on any atom is 0.358 e. The van der Waals surface area contributed by atoms with E-state index < -0.39 is 18.5 Å². The van der Waals surface area contributed by atoms with Crippen molar-refractivity contribution in [3.63, 3.8) is 0 Å². The van der Waals surface area contributed by atoms with Crippen LogP contribution in [0.1, 0.15) is 30.8 Å². The topological polar surface area (TPSA) is 94.3 Å². The van der Waals surface area contributed by atoms with E-state index in [0.717, 1.165) is 13.0 Å². The molecule has 0 bridgehead atoms. The Morgan fingerprint density at radius 1 is 1.56 bits per heavy atom. The van der Waals surface area contributed by atoms with E-state index in [1.807, 2.05) is 0 Å². The van der Waals surface area contributed by atoms with E-state index in [-0.39, 0.29) is 5.69 Å². The Morgan fingerprint density at radius 3 is 2.89 bits per heavy atom. The zero-order chi connectivity index (χ0) is 13.5. The van der Waals surface area contributed by atoms with Crippen molar-refractivity contribution in [1.29, 1.82) is 0 Å². The lowest BCUT2D eigenvalue weighted by molar-refractivity contribution is -0.121. The first kappa shape index (κ1) is 14.4. The fraction of sp³-hybridized carbons (Fsp3) is 0.545. The molecule has 3 N–H and O–H groups in total. The van der Waals surface area contributed by atoms with E-state index in [9.17, 15) is 9.59 Å². The van der Waals surface area contributed by atoms with E-state index in [4.69, 9.17) is 5.73 Å². The first-order valence-corrected chi connectivity index (χ1v) is 6.52. The van der Waals surface area contributed by atoms with Gasteiger partial charge in [0.25, 0.3) is 5.91 Å². The van der Waals surface area contributed by atoms with E-state index in [0.29, 0.717) is 11.0 Å². The number of carbonyl (C=O) groups is 2. The van der Waals surface area contributed by atoms with E-state index >= 15 is 0 Å². The molecule has 0 aromatic carbocycles. The largest absolute Gasteiger partial charge is 0.451 e. The molecule has 1 amide bonds. The van der Waals surface area contributed by atoms with Crippen molar-refractivity contribution in [2.45, 2.75) is 20.3 Å². The lowest BCUT2D eigenvalue weighted by Crippen LogP contribution is -2.21. The summed E-state index contributed by atoms with van der Waals surface area (Å²) >= 11 is 1.32. The number of primary amides is 1. The van der Waals surface area contributed by atoms with Gasteiger partial charge in [0, 0.05) is 11.9 Å². The first-order chi connectivity index (χ1) is 8.49. The summed E-state index contributed by atoms with van der Waals surface area (Å²) in [6, 6.07) is 0. The van der Waals surface area contributed by atoms with Crippen molar-refractivity contribution >= 4 is 28.3 Å². The second-order valence-electron chi connectivity index (χ2n) is 4.19. The van der Waals surface area contributed by atoms with Gasteiger partial charge < -0.3 is 15.8 Å². The number of esters is 1. The average molecular weight is 271 g/mol. The predicted octanol–water partition coefficient (Wildman–Crippen LogP) is 1.24. The normalized spacial score (nSPS) is 10.4. The molecule has 1 aromatic rings. The minimum Gasteiger partial charge on any atom is -0.451 e. The van der Waals surface area contributed by atoms with E-state index in [1.165, 1.54) is 11.3 Å². The number of ether oxygens (including phenoxy) is 1. The number of nitrogens with two attached hydrogens (primary N) is 1. The molecule has 0 saturated heterocycles. The lowest BCUT2D eigenvalue weighted by atomic mass is 10.1. The van der Waals surface area contributed by atoms with Crippen LogP contribution in [0, 0.1) is 5.92 Å². The summed E-state index contributed by atoms with van der Waals surface area (Å²) < 4.78 is 4.65. The van der Waals surface area contributed by atoms with Crippen molar-refractivity contribution in [2.75, 3.05) is 18.5 Å². The number of thiazole rings is 1. The van der Waals surface area contributed by atoms with Crippen molar-refractivity contribution in [3.8, 4) is 0 Å². The summed E-state index contributed by atoms with van der Waals surface area (Å²) in [4.78, 5) is 26.0. The molecule has 1 rings (SSSR count). The molecule has 0 atom stereocenters. The molecule has 0 saturated carbocycles. The van der Waals surface area contributed by atoms with Gasteiger partial charge in [-0.15, -0.1) is 11.3 Å². The third-order valence-corrected chi connectivity index (χ3v) is 2.86. The summed E-state index contributed by atoms with van der Waals surface area (Å²) in [6.07, 6.45) is 1.03. The SMILES string of the molecule is CC(C)CCNc1nc(C(=O)OCC(N)=O)cs1. The Bertz CT molecular complexity index is 417. The van der Waals surface area contributed by atoms with Gasteiger partial charge in [-0.25, -0.2) is 9.78 Å². The van der Waals surface area contributed by atoms with Crippen molar-refractivity contribution in [2.24, 2.45) is 11.7 Å². The molecule has 0 fully saturated rings. The van der Waals surface area contributed by atoms with Crippen LogP contribution in [0.5, 0.6) is 0 Å². The number of carbonyl (C=O) groups excluding carboxylic acids is 2. The summed E-state index contributed by atoms with van der Waals surface area (Å²) in [6.45, 7) is 4.65. The highest BCUT2D eigenvalue weighted by molar-refractivity contribution is 7.13. The van der Waals surface area contributed by atoms with Gasteiger partial charge >= 0.3 is 5.97 Å². The van der Waals surface area contributed by atoms with Crippen LogP contribution in [-0.2, 0) is 9.53 Å². The fourth-order valence-electron chi connectivity index (χ4n) is 1.13. The quantitative estimate of drug-likeness (QED) is 0.728. The zero-order valence-electron chi connectivity index (χ0n) is 10.4. The number of rotatable bonds is 7. The van der Waals surface area contributed by atoms with Gasteiger partial charge in [-0.05, 0) is 12.3 Å². The molecule has 0 spiro atoms. The van der Waals surface area contributed by atoms with Crippen LogP contribution in [-0.4, -0.2) is 30.0 Å². The van der Waals surface area contributed by atoms with Crippen LogP contribution in [0.3, 0.4) is 0 Å². The Kier molecular flexibility index (Phi) is 5.57. The number of nitrogens with zero attached hydrogens (tertiary/aromatic N) is 1. The molecular formula is C11H17N3O3S. The first-order valence-electron chi connectivity index (χ1n) is 5.64. The van der Waals surface area contributed by atoms with Gasteiger partial charge in [0.2, 0.25) is 0 Å². The van der Waals surface area contributed by atoms with Gasteiger partial charge in [-0.1, -0.05) is 13.8 Å². The Balaban J connectivity index is 2.42. The highest BCUT2D eigenvalue weighted by Crippen LogP contribution is 2.16. The van der Waals surface area contributed by atoms with Crippen LogP contribution in [0.25, 0.3) is 0 Å². The summed E-state index contributed by atoms with van der Waals surface area (Å²) in [5, 5.41) is 5.38. The Morgan fingerprint density at radius 2 is 2.28 bits per heavy atom. The van der Waals surface area contributed by atoms with Crippen LogP contribution in [0.2, 0.25) is 0 Å². The maximum absolute atomic E-state index is 11.4. The predicted molar refractivity (Wildman–Crippen MR) is 69.5 cm³/mol. The second kappa shape index (κ2) is 6.95. The monoisotopic (exact) mass is 271 g/mol. The van der Waals surface area contributed by atoms with Crippen LogP contribution in [0.15, 0.2) is 5.38 Å². The van der Waals surface area contributed by atoms with E-state index in [2.05, 4.69) is 28.9 Å². The van der Waals surface area contributed by atoms with Gasteiger partial charge in [0.15, 0.2) is 17.4 Å². The Hall–Kier alpha value is -1.63. The molecule has 0 radical (unpaired) electrons. The maximum atomic E-state index is 11.4. The molecular weight excluding hydrogens is 254 g/mol. The molecule has 7 heteroatoms. The minimum atomic E-state index is -0.686. The third-order valence-electron chi connectivity index (χ3n) is 2.06. The van der Waals surface area contributed by atoms with Crippen LogP contribution < -0.4 is 11.1 Å². The number of aromatic nitrogens is 1. The van der Waals surface area contributed by atoms with Crippen molar-refractivity contribution < 1.29 is 14.3 Å². The second-order valence-corrected chi connectivity index (χ2v) is 5.05.